The average molecular weight is 324 g/mol. The molecule has 0 saturated carbocycles. The zero-order valence-electron chi connectivity index (χ0n) is 14.0. The summed E-state index contributed by atoms with van der Waals surface area (Å²) in [5, 5.41) is 3.84. The van der Waals surface area contributed by atoms with Crippen LogP contribution < -0.4 is 10.1 Å². The minimum absolute atomic E-state index is 0.00439. The van der Waals surface area contributed by atoms with E-state index in [9.17, 15) is 4.79 Å². The molecule has 0 unspecified atom stereocenters. The number of aromatic amines is 1. The predicted molar refractivity (Wildman–Crippen MR) is 92.9 cm³/mol. The maximum absolute atomic E-state index is 12.0. The Bertz CT molecular complexity index is 870. The van der Waals surface area contributed by atoms with Crippen LogP contribution in [0.5, 0.6) is 5.88 Å². The molecule has 0 aliphatic rings. The molecule has 0 radical (unpaired) electrons. The van der Waals surface area contributed by atoms with Crippen molar-refractivity contribution in [3.63, 3.8) is 0 Å². The lowest BCUT2D eigenvalue weighted by Crippen LogP contribution is -2.31. The van der Waals surface area contributed by atoms with Crippen LogP contribution in [-0.4, -0.2) is 34.0 Å². The van der Waals surface area contributed by atoms with Gasteiger partial charge in [0.15, 0.2) is 0 Å². The van der Waals surface area contributed by atoms with Crippen molar-refractivity contribution in [2.24, 2.45) is 0 Å². The first kappa shape index (κ1) is 16.0. The molecule has 6 heteroatoms. The van der Waals surface area contributed by atoms with Gasteiger partial charge in [0, 0.05) is 41.1 Å². The number of H-pyrrole nitrogens is 1. The highest BCUT2D eigenvalue weighted by Crippen LogP contribution is 2.30. The molecule has 3 aromatic heterocycles. The van der Waals surface area contributed by atoms with E-state index in [-0.39, 0.29) is 11.9 Å². The number of hydrogen-bond acceptors (Lipinski definition) is 4. The number of fused-ring (bicyclic) bond motifs is 1. The summed E-state index contributed by atoms with van der Waals surface area (Å²) in [4.78, 5) is 23.8. The average Bonchev–Trinajstić information content (AvgIpc) is 2.96. The van der Waals surface area contributed by atoms with Gasteiger partial charge in [0.05, 0.1) is 13.5 Å². The third-order valence-corrected chi connectivity index (χ3v) is 3.69. The Labute approximate surface area is 140 Å². The van der Waals surface area contributed by atoms with Crippen LogP contribution in [-0.2, 0) is 11.2 Å². The Balaban J connectivity index is 1.98. The first-order valence-corrected chi connectivity index (χ1v) is 7.83. The second kappa shape index (κ2) is 6.70. The van der Waals surface area contributed by atoms with Gasteiger partial charge < -0.3 is 15.0 Å². The van der Waals surface area contributed by atoms with Gasteiger partial charge in [-0.25, -0.2) is 9.97 Å². The number of carbonyl (C=O) groups is 1. The fourth-order valence-electron chi connectivity index (χ4n) is 2.67. The van der Waals surface area contributed by atoms with Crippen molar-refractivity contribution in [3.05, 3.63) is 42.4 Å². The molecule has 6 nitrogen and oxygen atoms in total. The summed E-state index contributed by atoms with van der Waals surface area (Å²) in [5.41, 5.74) is 3.44. The number of carbonyl (C=O) groups excluding carboxylic acids is 1. The lowest BCUT2D eigenvalue weighted by molar-refractivity contribution is -0.120. The second-order valence-electron chi connectivity index (χ2n) is 5.89. The maximum atomic E-state index is 12.0. The van der Waals surface area contributed by atoms with Gasteiger partial charge in [-0.2, -0.15) is 0 Å². The number of aromatic nitrogens is 3. The Morgan fingerprint density at radius 1 is 1.38 bits per heavy atom. The van der Waals surface area contributed by atoms with Crippen molar-refractivity contribution in [2.75, 3.05) is 7.11 Å². The number of methoxy groups -OCH3 is 1. The number of hydrogen-bond donors (Lipinski definition) is 2. The molecular formula is C18H20N4O2. The number of nitrogens with one attached hydrogen (secondary N) is 2. The smallest absolute Gasteiger partial charge is 0.224 e. The van der Waals surface area contributed by atoms with Crippen LogP contribution in [0, 0.1) is 0 Å². The standard InChI is InChI=1S/C18H20N4O2/c1-11(2)22-16(23)8-13-10-21-17-15(13)7-12(9-20-17)14-5-4-6-19-18(14)24-3/h4-7,9-11H,8H2,1-3H3,(H,20,21)(H,22,23). The molecule has 24 heavy (non-hydrogen) atoms. The summed E-state index contributed by atoms with van der Waals surface area (Å²) in [7, 11) is 1.59. The highest BCUT2D eigenvalue weighted by Gasteiger charge is 2.13. The van der Waals surface area contributed by atoms with Gasteiger partial charge in [0.1, 0.15) is 5.65 Å². The molecule has 0 spiro atoms. The zero-order chi connectivity index (χ0) is 17.1. The van der Waals surface area contributed by atoms with E-state index in [2.05, 4.69) is 20.3 Å². The van der Waals surface area contributed by atoms with E-state index in [0.717, 1.165) is 27.7 Å². The molecule has 3 heterocycles. The lowest BCUT2D eigenvalue weighted by atomic mass is 10.1. The first-order chi connectivity index (χ1) is 11.6. The molecule has 0 aliphatic heterocycles. The highest BCUT2D eigenvalue weighted by molar-refractivity contribution is 5.90. The summed E-state index contributed by atoms with van der Waals surface area (Å²) in [6.45, 7) is 3.89. The number of amides is 1. The molecule has 0 aromatic carbocycles. The number of pyridine rings is 2. The summed E-state index contributed by atoms with van der Waals surface area (Å²) < 4.78 is 5.32. The van der Waals surface area contributed by atoms with Gasteiger partial charge in [-0.3, -0.25) is 4.79 Å². The minimum Gasteiger partial charge on any atom is -0.481 e. The Kier molecular flexibility index (Phi) is 4.46. The summed E-state index contributed by atoms with van der Waals surface area (Å²) in [5.74, 6) is 0.545. The number of rotatable bonds is 5. The van der Waals surface area contributed by atoms with Crippen LogP contribution in [0.4, 0.5) is 0 Å². The van der Waals surface area contributed by atoms with Crippen molar-refractivity contribution in [1.29, 1.82) is 0 Å². The molecule has 0 saturated heterocycles. The molecule has 124 valence electrons. The van der Waals surface area contributed by atoms with Crippen LogP contribution in [0.3, 0.4) is 0 Å². The van der Waals surface area contributed by atoms with E-state index >= 15 is 0 Å². The van der Waals surface area contributed by atoms with Crippen LogP contribution in [0.25, 0.3) is 22.2 Å². The van der Waals surface area contributed by atoms with E-state index in [1.165, 1.54) is 0 Å². The van der Waals surface area contributed by atoms with Crippen molar-refractivity contribution >= 4 is 16.9 Å². The van der Waals surface area contributed by atoms with Crippen molar-refractivity contribution in [2.45, 2.75) is 26.3 Å². The van der Waals surface area contributed by atoms with E-state index < -0.39 is 0 Å². The van der Waals surface area contributed by atoms with E-state index in [1.54, 1.807) is 19.5 Å². The van der Waals surface area contributed by atoms with Crippen molar-refractivity contribution in [3.8, 4) is 17.0 Å². The van der Waals surface area contributed by atoms with Gasteiger partial charge in [-0.05, 0) is 37.6 Å². The molecule has 3 aromatic rings. The monoisotopic (exact) mass is 324 g/mol. The molecule has 0 fully saturated rings. The normalized spacial score (nSPS) is 11.0. The third kappa shape index (κ3) is 3.22. The van der Waals surface area contributed by atoms with Gasteiger partial charge >= 0.3 is 0 Å². The van der Waals surface area contributed by atoms with Crippen LogP contribution in [0.1, 0.15) is 19.4 Å². The van der Waals surface area contributed by atoms with Crippen molar-refractivity contribution in [1.82, 2.24) is 20.3 Å². The van der Waals surface area contributed by atoms with Gasteiger partial charge in [0.2, 0.25) is 11.8 Å². The highest BCUT2D eigenvalue weighted by atomic mass is 16.5. The molecular weight excluding hydrogens is 304 g/mol. The van der Waals surface area contributed by atoms with E-state index in [4.69, 9.17) is 4.74 Å². The topological polar surface area (TPSA) is 79.9 Å². The van der Waals surface area contributed by atoms with E-state index in [0.29, 0.717) is 12.3 Å². The molecule has 1 amide bonds. The van der Waals surface area contributed by atoms with E-state index in [1.807, 2.05) is 38.2 Å². The molecule has 3 rings (SSSR count). The fraction of sp³-hybridized carbons (Fsp3) is 0.278. The Morgan fingerprint density at radius 3 is 2.96 bits per heavy atom. The third-order valence-electron chi connectivity index (χ3n) is 3.69. The Hall–Kier alpha value is -2.89. The predicted octanol–water partition coefficient (Wildman–Crippen LogP) is 2.70. The largest absolute Gasteiger partial charge is 0.481 e. The minimum atomic E-state index is -0.00439. The van der Waals surface area contributed by atoms with Gasteiger partial charge in [-0.1, -0.05) is 0 Å². The second-order valence-corrected chi connectivity index (χ2v) is 5.89. The molecule has 2 N–H and O–H groups in total. The fourth-order valence-corrected chi connectivity index (χ4v) is 2.67. The maximum Gasteiger partial charge on any atom is 0.224 e. The van der Waals surface area contributed by atoms with Crippen LogP contribution >= 0.6 is 0 Å². The van der Waals surface area contributed by atoms with Gasteiger partial charge in [0.25, 0.3) is 0 Å². The molecule has 0 bridgehead atoms. The lowest BCUT2D eigenvalue weighted by Gasteiger charge is -2.08. The van der Waals surface area contributed by atoms with Gasteiger partial charge in [-0.15, -0.1) is 0 Å². The zero-order valence-corrected chi connectivity index (χ0v) is 14.0. The van der Waals surface area contributed by atoms with Crippen molar-refractivity contribution < 1.29 is 9.53 Å². The molecule has 0 aliphatic carbocycles. The quantitative estimate of drug-likeness (QED) is 0.756. The SMILES string of the molecule is COc1ncccc1-c1cnc2[nH]cc(CC(=O)NC(C)C)c2c1. The number of nitrogens with zero attached hydrogens (tertiary/aromatic N) is 2. The van der Waals surface area contributed by atoms with Crippen LogP contribution in [0.15, 0.2) is 36.8 Å². The first-order valence-electron chi connectivity index (χ1n) is 7.83. The summed E-state index contributed by atoms with van der Waals surface area (Å²) in [6, 6.07) is 5.93. The molecule has 0 atom stereocenters. The summed E-state index contributed by atoms with van der Waals surface area (Å²) in [6.07, 6.45) is 5.61. The number of ether oxygens (including phenoxy) is 1. The summed E-state index contributed by atoms with van der Waals surface area (Å²) >= 11 is 0. The van der Waals surface area contributed by atoms with Crippen LogP contribution in [0.2, 0.25) is 0 Å². The Morgan fingerprint density at radius 2 is 2.21 bits per heavy atom.